The predicted molar refractivity (Wildman–Crippen MR) is 106 cm³/mol. The first kappa shape index (κ1) is 17.5. The quantitative estimate of drug-likeness (QED) is 0.701. The topological polar surface area (TPSA) is 45.7 Å². The summed E-state index contributed by atoms with van der Waals surface area (Å²) in [6, 6.07) is 20.0. The number of pyridine rings is 1. The summed E-state index contributed by atoms with van der Waals surface area (Å²) >= 11 is 0. The minimum absolute atomic E-state index is 0.0423. The van der Waals surface area contributed by atoms with Crippen LogP contribution in [0.4, 0.5) is 0 Å². The second-order valence-corrected chi connectivity index (χ2v) is 6.79. The number of rotatable bonds is 5. The van der Waals surface area contributed by atoms with Crippen molar-refractivity contribution in [2.24, 2.45) is 0 Å². The van der Waals surface area contributed by atoms with Gasteiger partial charge in [-0.15, -0.1) is 0 Å². The highest BCUT2D eigenvalue weighted by Gasteiger charge is 2.21. The molecular weight excluding hydrogens is 338 g/mol. The number of hydrogen-bond donors (Lipinski definition) is 0. The molecule has 1 aliphatic rings. The van der Waals surface area contributed by atoms with Crippen LogP contribution in [-0.2, 0) is 11.3 Å². The van der Waals surface area contributed by atoms with Crippen molar-refractivity contribution in [2.75, 3.05) is 32.8 Å². The number of benzene rings is 2. The van der Waals surface area contributed by atoms with Gasteiger partial charge >= 0.3 is 0 Å². The molecule has 0 saturated carbocycles. The molecule has 27 heavy (non-hydrogen) atoms. The van der Waals surface area contributed by atoms with Crippen LogP contribution in [0.2, 0.25) is 0 Å². The Morgan fingerprint density at radius 2 is 1.78 bits per heavy atom. The first-order chi connectivity index (χ1) is 13.3. The van der Waals surface area contributed by atoms with E-state index in [9.17, 15) is 4.79 Å². The van der Waals surface area contributed by atoms with E-state index in [0.29, 0.717) is 5.75 Å². The molecule has 1 fully saturated rings. The van der Waals surface area contributed by atoms with Crippen molar-refractivity contribution in [1.82, 2.24) is 14.8 Å². The Hall–Kier alpha value is -2.92. The van der Waals surface area contributed by atoms with Crippen LogP contribution in [0.5, 0.6) is 5.75 Å². The highest BCUT2D eigenvalue weighted by Crippen LogP contribution is 2.19. The first-order valence-electron chi connectivity index (χ1n) is 9.29. The predicted octanol–water partition coefficient (Wildman–Crippen LogP) is 2.96. The van der Waals surface area contributed by atoms with E-state index in [-0.39, 0.29) is 12.5 Å². The third-order valence-corrected chi connectivity index (χ3v) is 4.91. The van der Waals surface area contributed by atoms with Crippen molar-refractivity contribution < 1.29 is 9.53 Å². The van der Waals surface area contributed by atoms with Gasteiger partial charge < -0.3 is 9.64 Å². The molecule has 138 valence electrons. The lowest BCUT2D eigenvalue weighted by Gasteiger charge is -2.34. The van der Waals surface area contributed by atoms with Gasteiger partial charge in [0, 0.05) is 44.3 Å². The molecule has 0 aliphatic carbocycles. The Morgan fingerprint density at radius 3 is 2.59 bits per heavy atom. The highest BCUT2D eigenvalue weighted by molar-refractivity contribution is 5.80. The maximum atomic E-state index is 12.5. The van der Waals surface area contributed by atoms with Crippen LogP contribution in [0.15, 0.2) is 66.9 Å². The van der Waals surface area contributed by atoms with Crippen molar-refractivity contribution >= 4 is 16.8 Å². The zero-order valence-electron chi connectivity index (χ0n) is 15.3. The average molecular weight is 361 g/mol. The van der Waals surface area contributed by atoms with E-state index >= 15 is 0 Å². The molecule has 0 radical (unpaired) electrons. The van der Waals surface area contributed by atoms with Crippen LogP contribution < -0.4 is 4.74 Å². The summed E-state index contributed by atoms with van der Waals surface area (Å²) in [6.07, 6.45) is 1.77. The number of piperazine rings is 1. The summed E-state index contributed by atoms with van der Waals surface area (Å²) in [6.45, 7) is 4.28. The monoisotopic (exact) mass is 361 g/mol. The maximum absolute atomic E-state index is 12.5. The molecule has 0 atom stereocenters. The van der Waals surface area contributed by atoms with Crippen LogP contribution >= 0.6 is 0 Å². The summed E-state index contributed by atoms with van der Waals surface area (Å²) in [5, 5.41) is 1.01. The molecule has 2 heterocycles. The fraction of sp³-hybridized carbons (Fsp3) is 0.273. The van der Waals surface area contributed by atoms with Crippen LogP contribution in [0.25, 0.3) is 10.9 Å². The summed E-state index contributed by atoms with van der Waals surface area (Å²) in [5.74, 6) is 0.743. The Labute approximate surface area is 159 Å². The van der Waals surface area contributed by atoms with Crippen LogP contribution in [0.3, 0.4) is 0 Å². The van der Waals surface area contributed by atoms with E-state index in [4.69, 9.17) is 4.74 Å². The van der Waals surface area contributed by atoms with E-state index in [1.165, 1.54) is 5.56 Å². The van der Waals surface area contributed by atoms with Gasteiger partial charge in [0.05, 0.1) is 5.52 Å². The molecule has 5 heteroatoms. The van der Waals surface area contributed by atoms with Gasteiger partial charge in [-0.05, 0) is 29.8 Å². The molecule has 1 amide bonds. The number of amides is 1. The van der Waals surface area contributed by atoms with E-state index in [2.05, 4.69) is 34.1 Å². The van der Waals surface area contributed by atoms with Gasteiger partial charge in [-0.3, -0.25) is 14.7 Å². The maximum Gasteiger partial charge on any atom is 0.260 e. The number of hydrogen-bond acceptors (Lipinski definition) is 4. The Balaban J connectivity index is 1.26. The van der Waals surface area contributed by atoms with Gasteiger partial charge in [0.2, 0.25) is 0 Å². The van der Waals surface area contributed by atoms with Gasteiger partial charge in [-0.25, -0.2) is 0 Å². The summed E-state index contributed by atoms with van der Waals surface area (Å²) in [7, 11) is 0. The number of carbonyl (C=O) groups excluding carboxylic acids is 1. The molecule has 1 aromatic heterocycles. The van der Waals surface area contributed by atoms with Crippen LogP contribution in [-0.4, -0.2) is 53.5 Å². The average Bonchev–Trinajstić information content (AvgIpc) is 2.73. The van der Waals surface area contributed by atoms with Gasteiger partial charge in [-0.2, -0.15) is 0 Å². The lowest BCUT2D eigenvalue weighted by molar-refractivity contribution is -0.135. The molecule has 1 saturated heterocycles. The number of carbonyl (C=O) groups is 1. The summed E-state index contributed by atoms with van der Waals surface area (Å²) in [4.78, 5) is 21.0. The molecule has 3 aromatic rings. The highest BCUT2D eigenvalue weighted by atomic mass is 16.5. The van der Waals surface area contributed by atoms with Crippen molar-refractivity contribution in [3.63, 3.8) is 0 Å². The van der Waals surface area contributed by atoms with E-state index in [1.807, 2.05) is 41.3 Å². The van der Waals surface area contributed by atoms with Gasteiger partial charge in [0.1, 0.15) is 5.75 Å². The molecule has 0 bridgehead atoms. The van der Waals surface area contributed by atoms with Crippen molar-refractivity contribution in [1.29, 1.82) is 0 Å². The first-order valence-corrected chi connectivity index (χ1v) is 9.29. The SMILES string of the molecule is O=C(COc1ccc2ncccc2c1)N1CCN(Cc2ccccc2)CC1. The number of nitrogens with zero attached hydrogens (tertiary/aromatic N) is 3. The minimum atomic E-state index is 0.0423. The zero-order chi connectivity index (χ0) is 18.5. The molecule has 1 aliphatic heterocycles. The Morgan fingerprint density at radius 1 is 0.963 bits per heavy atom. The van der Waals surface area contributed by atoms with E-state index in [1.54, 1.807) is 6.20 Å². The minimum Gasteiger partial charge on any atom is -0.484 e. The zero-order valence-corrected chi connectivity index (χ0v) is 15.3. The number of aromatic nitrogens is 1. The molecule has 0 unspecified atom stereocenters. The van der Waals surface area contributed by atoms with Gasteiger partial charge in [-0.1, -0.05) is 36.4 Å². The smallest absolute Gasteiger partial charge is 0.260 e. The van der Waals surface area contributed by atoms with E-state index < -0.39 is 0 Å². The summed E-state index contributed by atoms with van der Waals surface area (Å²) < 4.78 is 5.72. The van der Waals surface area contributed by atoms with Gasteiger partial charge in [0.25, 0.3) is 5.91 Å². The second-order valence-electron chi connectivity index (χ2n) is 6.79. The van der Waals surface area contributed by atoms with Crippen LogP contribution in [0, 0.1) is 0 Å². The largest absolute Gasteiger partial charge is 0.484 e. The standard InChI is InChI=1S/C22H23N3O2/c26-22(17-27-20-8-9-21-19(15-20)7-4-10-23-21)25-13-11-24(12-14-25)16-18-5-2-1-3-6-18/h1-10,15H,11-14,16-17H2. The molecular formula is C22H23N3O2. The lowest BCUT2D eigenvalue weighted by atomic mass is 10.2. The molecule has 5 nitrogen and oxygen atoms in total. The molecule has 0 spiro atoms. The van der Waals surface area contributed by atoms with E-state index in [0.717, 1.165) is 43.6 Å². The van der Waals surface area contributed by atoms with Gasteiger partial charge in [0.15, 0.2) is 6.61 Å². The third-order valence-electron chi connectivity index (χ3n) is 4.91. The van der Waals surface area contributed by atoms with Crippen molar-refractivity contribution in [3.05, 3.63) is 72.4 Å². The van der Waals surface area contributed by atoms with Crippen molar-refractivity contribution in [3.8, 4) is 5.75 Å². The second kappa shape index (κ2) is 8.18. The molecule has 2 aromatic carbocycles. The fourth-order valence-electron chi connectivity index (χ4n) is 3.38. The van der Waals surface area contributed by atoms with Crippen molar-refractivity contribution in [2.45, 2.75) is 6.54 Å². The third kappa shape index (κ3) is 4.44. The van der Waals surface area contributed by atoms with Crippen LogP contribution in [0.1, 0.15) is 5.56 Å². The lowest BCUT2D eigenvalue weighted by Crippen LogP contribution is -2.49. The Kier molecular flexibility index (Phi) is 5.30. The number of ether oxygens (including phenoxy) is 1. The normalized spacial score (nSPS) is 15.0. The summed E-state index contributed by atoms with van der Waals surface area (Å²) in [5.41, 5.74) is 2.23. The Bertz CT molecular complexity index is 906. The fourth-order valence-corrected chi connectivity index (χ4v) is 3.38. The molecule has 4 rings (SSSR count). The molecule has 0 N–H and O–H groups in total. The number of fused-ring (bicyclic) bond motifs is 1.